The monoisotopic (exact) mass is 325 g/mol. The topological polar surface area (TPSA) is 89.0 Å². The molecule has 0 spiro atoms. The Bertz CT molecular complexity index is 817. The summed E-state index contributed by atoms with van der Waals surface area (Å²) in [5.74, 6) is 0.756. The Labute approximate surface area is 138 Å². The Kier molecular flexibility index (Phi) is 4.42. The fourth-order valence-corrected chi connectivity index (χ4v) is 2.16. The number of rotatable bonds is 4. The standard InChI is InChI=1S/C17H15N3O4/c1-11(21)19-14-4-2-3-13(8-14)17(22)20-18-9-12-5-6-15-16(7-12)24-10-23-15/h2-9H,10H2,1H3,(H,19,21)(H,20,22)/b18-9-. The molecule has 2 aromatic carbocycles. The van der Waals surface area contributed by atoms with Gasteiger partial charge in [-0.1, -0.05) is 6.07 Å². The predicted molar refractivity (Wildman–Crippen MR) is 88.4 cm³/mol. The van der Waals surface area contributed by atoms with Gasteiger partial charge >= 0.3 is 0 Å². The molecular formula is C17H15N3O4. The smallest absolute Gasteiger partial charge is 0.271 e. The molecular weight excluding hydrogens is 310 g/mol. The van der Waals surface area contributed by atoms with E-state index in [0.717, 1.165) is 5.56 Å². The van der Waals surface area contributed by atoms with Gasteiger partial charge in [-0.05, 0) is 42.0 Å². The van der Waals surface area contributed by atoms with Gasteiger partial charge < -0.3 is 14.8 Å². The highest BCUT2D eigenvalue weighted by Gasteiger charge is 2.12. The maximum atomic E-state index is 12.1. The largest absolute Gasteiger partial charge is 0.454 e. The second-order valence-electron chi connectivity index (χ2n) is 5.07. The third kappa shape index (κ3) is 3.70. The van der Waals surface area contributed by atoms with Crippen molar-refractivity contribution in [3.05, 3.63) is 53.6 Å². The van der Waals surface area contributed by atoms with Crippen LogP contribution in [-0.2, 0) is 4.79 Å². The van der Waals surface area contributed by atoms with Gasteiger partial charge in [-0.15, -0.1) is 0 Å². The first-order chi connectivity index (χ1) is 11.6. The number of ether oxygens (including phenoxy) is 2. The van der Waals surface area contributed by atoms with E-state index in [4.69, 9.17) is 9.47 Å². The van der Waals surface area contributed by atoms with Crippen molar-refractivity contribution in [2.24, 2.45) is 5.10 Å². The minimum atomic E-state index is -0.376. The van der Waals surface area contributed by atoms with E-state index < -0.39 is 0 Å². The molecule has 0 aromatic heterocycles. The summed E-state index contributed by atoms with van der Waals surface area (Å²) in [6.45, 7) is 1.61. The summed E-state index contributed by atoms with van der Waals surface area (Å²) in [6.07, 6.45) is 1.51. The van der Waals surface area contributed by atoms with Crippen molar-refractivity contribution in [1.29, 1.82) is 0 Å². The van der Waals surface area contributed by atoms with Crippen LogP contribution in [0.25, 0.3) is 0 Å². The summed E-state index contributed by atoms with van der Waals surface area (Å²) in [5, 5.41) is 6.55. The molecule has 7 heteroatoms. The Morgan fingerprint density at radius 3 is 2.79 bits per heavy atom. The fourth-order valence-electron chi connectivity index (χ4n) is 2.16. The maximum absolute atomic E-state index is 12.1. The van der Waals surface area contributed by atoms with Gasteiger partial charge in [-0.2, -0.15) is 5.10 Å². The average Bonchev–Trinajstić information content (AvgIpc) is 3.02. The van der Waals surface area contributed by atoms with Crippen molar-refractivity contribution in [3.63, 3.8) is 0 Å². The summed E-state index contributed by atoms with van der Waals surface area (Å²) < 4.78 is 10.5. The van der Waals surface area contributed by atoms with Crippen molar-refractivity contribution < 1.29 is 19.1 Å². The Morgan fingerprint density at radius 2 is 1.96 bits per heavy atom. The number of fused-ring (bicyclic) bond motifs is 1. The highest BCUT2D eigenvalue weighted by atomic mass is 16.7. The third-order valence-electron chi connectivity index (χ3n) is 3.22. The number of nitrogens with zero attached hydrogens (tertiary/aromatic N) is 1. The normalized spacial score (nSPS) is 12.2. The zero-order valence-electron chi connectivity index (χ0n) is 12.9. The van der Waals surface area contributed by atoms with Crippen molar-refractivity contribution in [2.45, 2.75) is 6.92 Å². The van der Waals surface area contributed by atoms with Crippen LogP contribution >= 0.6 is 0 Å². The molecule has 2 aromatic rings. The van der Waals surface area contributed by atoms with Crippen LogP contribution in [0.3, 0.4) is 0 Å². The number of hydrazone groups is 1. The Morgan fingerprint density at radius 1 is 1.12 bits per heavy atom. The molecule has 0 saturated carbocycles. The van der Waals surface area contributed by atoms with E-state index in [1.54, 1.807) is 42.5 Å². The molecule has 7 nitrogen and oxygen atoms in total. The number of amides is 2. The summed E-state index contributed by atoms with van der Waals surface area (Å²) in [5.41, 5.74) is 4.15. The number of hydrogen-bond acceptors (Lipinski definition) is 5. The van der Waals surface area contributed by atoms with Gasteiger partial charge in [0.1, 0.15) is 0 Å². The van der Waals surface area contributed by atoms with E-state index >= 15 is 0 Å². The molecule has 0 aliphatic carbocycles. The first-order valence-corrected chi connectivity index (χ1v) is 7.22. The highest BCUT2D eigenvalue weighted by molar-refractivity contribution is 5.97. The number of nitrogens with one attached hydrogen (secondary N) is 2. The lowest BCUT2D eigenvalue weighted by Crippen LogP contribution is -2.18. The number of hydrogen-bond donors (Lipinski definition) is 2. The SMILES string of the molecule is CC(=O)Nc1cccc(C(=O)N/N=C\c2ccc3c(c2)OCO3)c1. The molecule has 24 heavy (non-hydrogen) atoms. The minimum Gasteiger partial charge on any atom is -0.454 e. The zero-order chi connectivity index (χ0) is 16.9. The molecule has 1 aliphatic heterocycles. The molecule has 122 valence electrons. The molecule has 3 rings (SSSR count). The molecule has 0 bridgehead atoms. The number of carbonyl (C=O) groups is 2. The number of benzene rings is 2. The number of anilines is 1. The van der Waals surface area contributed by atoms with Crippen molar-refractivity contribution in [2.75, 3.05) is 12.1 Å². The van der Waals surface area contributed by atoms with Gasteiger partial charge in [0.2, 0.25) is 12.7 Å². The van der Waals surface area contributed by atoms with Crippen LogP contribution in [0.5, 0.6) is 11.5 Å². The van der Waals surface area contributed by atoms with Crippen LogP contribution in [0.15, 0.2) is 47.6 Å². The maximum Gasteiger partial charge on any atom is 0.271 e. The minimum absolute atomic E-state index is 0.201. The molecule has 2 amide bonds. The molecule has 2 N–H and O–H groups in total. The second kappa shape index (κ2) is 6.82. The Balaban J connectivity index is 1.64. The first-order valence-electron chi connectivity index (χ1n) is 7.22. The summed E-state index contributed by atoms with van der Waals surface area (Å²) >= 11 is 0. The van der Waals surface area contributed by atoms with Crippen LogP contribution in [-0.4, -0.2) is 24.8 Å². The molecule has 0 atom stereocenters. The van der Waals surface area contributed by atoms with Gasteiger partial charge in [0.05, 0.1) is 6.21 Å². The van der Waals surface area contributed by atoms with E-state index in [-0.39, 0.29) is 18.6 Å². The van der Waals surface area contributed by atoms with E-state index in [9.17, 15) is 9.59 Å². The summed E-state index contributed by atoms with van der Waals surface area (Å²) in [6, 6.07) is 12.0. The van der Waals surface area contributed by atoms with Gasteiger partial charge in [0.25, 0.3) is 5.91 Å². The van der Waals surface area contributed by atoms with E-state index in [1.807, 2.05) is 0 Å². The average molecular weight is 325 g/mol. The quantitative estimate of drug-likeness (QED) is 0.666. The fraction of sp³-hybridized carbons (Fsp3) is 0.118. The molecule has 0 unspecified atom stereocenters. The van der Waals surface area contributed by atoms with E-state index in [2.05, 4.69) is 15.8 Å². The molecule has 0 fully saturated rings. The van der Waals surface area contributed by atoms with Crippen LogP contribution in [0, 0.1) is 0 Å². The van der Waals surface area contributed by atoms with Gasteiger partial charge in [0, 0.05) is 18.2 Å². The molecule has 0 radical (unpaired) electrons. The van der Waals surface area contributed by atoms with Crippen molar-refractivity contribution in [3.8, 4) is 11.5 Å². The second-order valence-corrected chi connectivity index (χ2v) is 5.07. The van der Waals surface area contributed by atoms with E-state index in [1.165, 1.54) is 13.1 Å². The van der Waals surface area contributed by atoms with Crippen LogP contribution < -0.4 is 20.2 Å². The summed E-state index contributed by atoms with van der Waals surface area (Å²) in [4.78, 5) is 23.1. The molecule has 1 heterocycles. The van der Waals surface area contributed by atoms with Crippen molar-refractivity contribution >= 4 is 23.7 Å². The predicted octanol–water partition coefficient (Wildman–Crippen LogP) is 2.14. The zero-order valence-corrected chi connectivity index (χ0v) is 12.9. The molecule has 1 aliphatic rings. The van der Waals surface area contributed by atoms with E-state index in [0.29, 0.717) is 22.7 Å². The lowest BCUT2D eigenvalue weighted by Gasteiger charge is -2.04. The lowest BCUT2D eigenvalue weighted by atomic mass is 10.2. The van der Waals surface area contributed by atoms with Crippen LogP contribution in [0.4, 0.5) is 5.69 Å². The van der Waals surface area contributed by atoms with Crippen LogP contribution in [0.2, 0.25) is 0 Å². The molecule has 0 saturated heterocycles. The van der Waals surface area contributed by atoms with Crippen LogP contribution in [0.1, 0.15) is 22.8 Å². The first kappa shape index (κ1) is 15.5. The highest BCUT2D eigenvalue weighted by Crippen LogP contribution is 2.31. The van der Waals surface area contributed by atoms with Gasteiger partial charge in [-0.3, -0.25) is 9.59 Å². The van der Waals surface area contributed by atoms with Gasteiger partial charge in [-0.25, -0.2) is 5.43 Å². The number of carbonyl (C=O) groups excluding carboxylic acids is 2. The van der Waals surface area contributed by atoms with Gasteiger partial charge in [0.15, 0.2) is 11.5 Å². The lowest BCUT2D eigenvalue weighted by molar-refractivity contribution is -0.114. The summed E-state index contributed by atoms with van der Waals surface area (Å²) in [7, 11) is 0. The Hall–Kier alpha value is -3.35. The third-order valence-corrected chi connectivity index (χ3v) is 3.22. The van der Waals surface area contributed by atoms with Crippen molar-refractivity contribution in [1.82, 2.24) is 5.43 Å².